The number of hydrogen-bond acceptors (Lipinski definition) is 2. The third kappa shape index (κ3) is 4.21. The van der Waals surface area contributed by atoms with Crippen LogP contribution in [0.25, 0.3) is 0 Å². The van der Waals surface area contributed by atoms with Gasteiger partial charge in [-0.05, 0) is 31.2 Å². The molecule has 1 aliphatic carbocycles. The SMILES string of the molecule is CC1C(C2CCCCC2)OCCN1Cc1ccccc1.Cl. The molecule has 0 aromatic heterocycles. The third-order valence-electron chi connectivity index (χ3n) is 5.08. The van der Waals surface area contributed by atoms with Crippen LogP contribution in [0, 0.1) is 5.92 Å². The van der Waals surface area contributed by atoms with Crippen molar-refractivity contribution in [3.63, 3.8) is 0 Å². The second kappa shape index (κ2) is 8.17. The number of halogens is 1. The lowest BCUT2D eigenvalue weighted by Gasteiger charge is -2.43. The maximum Gasteiger partial charge on any atom is 0.0756 e. The first-order valence-corrected chi connectivity index (χ1v) is 8.24. The topological polar surface area (TPSA) is 12.5 Å². The fourth-order valence-electron chi connectivity index (χ4n) is 3.89. The van der Waals surface area contributed by atoms with Crippen molar-refractivity contribution in [1.29, 1.82) is 0 Å². The molecule has 3 heteroatoms. The Hall–Kier alpha value is -0.570. The van der Waals surface area contributed by atoms with Crippen molar-refractivity contribution in [2.75, 3.05) is 13.2 Å². The number of morpholine rings is 1. The molecule has 1 saturated carbocycles. The summed E-state index contributed by atoms with van der Waals surface area (Å²) in [6.45, 7) is 5.40. The van der Waals surface area contributed by atoms with Gasteiger partial charge in [-0.3, -0.25) is 4.90 Å². The number of nitrogens with zero attached hydrogens (tertiary/aromatic N) is 1. The Bertz CT molecular complexity index is 405. The van der Waals surface area contributed by atoms with E-state index in [1.807, 2.05) is 0 Å². The van der Waals surface area contributed by atoms with Crippen LogP contribution in [0.3, 0.4) is 0 Å². The van der Waals surface area contributed by atoms with Gasteiger partial charge in [0, 0.05) is 19.1 Å². The fraction of sp³-hybridized carbons (Fsp3) is 0.667. The molecule has 2 unspecified atom stereocenters. The molecule has 1 aromatic carbocycles. The number of hydrogen-bond donors (Lipinski definition) is 0. The van der Waals surface area contributed by atoms with Crippen LogP contribution >= 0.6 is 12.4 Å². The molecule has 0 radical (unpaired) electrons. The molecule has 0 bridgehead atoms. The summed E-state index contributed by atoms with van der Waals surface area (Å²) < 4.78 is 6.16. The van der Waals surface area contributed by atoms with E-state index in [-0.39, 0.29) is 12.4 Å². The minimum atomic E-state index is 0. The van der Waals surface area contributed by atoms with Crippen molar-refractivity contribution >= 4 is 12.4 Å². The van der Waals surface area contributed by atoms with E-state index in [9.17, 15) is 0 Å². The Morgan fingerprint density at radius 1 is 1.10 bits per heavy atom. The zero-order valence-electron chi connectivity index (χ0n) is 13.0. The normalized spacial score (nSPS) is 28.0. The average molecular weight is 310 g/mol. The van der Waals surface area contributed by atoms with Gasteiger partial charge in [-0.2, -0.15) is 0 Å². The number of ether oxygens (including phenoxy) is 1. The van der Waals surface area contributed by atoms with Crippen molar-refractivity contribution in [1.82, 2.24) is 4.90 Å². The van der Waals surface area contributed by atoms with E-state index in [1.165, 1.54) is 37.7 Å². The molecule has 1 aliphatic heterocycles. The van der Waals surface area contributed by atoms with E-state index in [4.69, 9.17) is 4.74 Å². The second-order valence-electron chi connectivity index (χ2n) is 6.43. The fourth-order valence-corrected chi connectivity index (χ4v) is 3.89. The molecule has 1 aromatic rings. The van der Waals surface area contributed by atoms with Crippen molar-refractivity contribution in [3.8, 4) is 0 Å². The van der Waals surface area contributed by atoms with Crippen LogP contribution in [-0.2, 0) is 11.3 Å². The van der Waals surface area contributed by atoms with Gasteiger partial charge in [0.2, 0.25) is 0 Å². The zero-order valence-corrected chi connectivity index (χ0v) is 13.9. The van der Waals surface area contributed by atoms with Gasteiger partial charge in [-0.25, -0.2) is 0 Å². The first-order chi connectivity index (χ1) is 9.84. The molecule has 0 spiro atoms. The minimum absolute atomic E-state index is 0. The van der Waals surface area contributed by atoms with Gasteiger partial charge in [0.1, 0.15) is 0 Å². The summed E-state index contributed by atoms with van der Waals surface area (Å²) in [7, 11) is 0. The van der Waals surface area contributed by atoms with Crippen LogP contribution in [0.2, 0.25) is 0 Å². The first kappa shape index (κ1) is 16.8. The molecular formula is C18H28ClNO. The summed E-state index contributed by atoms with van der Waals surface area (Å²) in [6.07, 6.45) is 7.41. The summed E-state index contributed by atoms with van der Waals surface area (Å²) in [5, 5.41) is 0. The quantitative estimate of drug-likeness (QED) is 0.826. The van der Waals surface area contributed by atoms with Gasteiger partial charge in [0.25, 0.3) is 0 Å². The summed E-state index contributed by atoms with van der Waals surface area (Å²) in [5.74, 6) is 0.789. The Labute approximate surface area is 135 Å². The molecule has 118 valence electrons. The molecule has 2 aliphatic rings. The molecule has 0 amide bonds. The first-order valence-electron chi connectivity index (χ1n) is 8.24. The predicted molar refractivity (Wildman–Crippen MR) is 89.9 cm³/mol. The van der Waals surface area contributed by atoms with Gasteiger partial charge in [0.15, 0.2) is 0 Å². The lowest BCUT2D eigenvalue weighted by molar-refractivity contribution is -0.100. The molecule has 0 N–H and O–H groups in total. The maximum atomic E-state index is 6.16. The van der Waals surface area contributed by atoms with E-state index in [2.05, 4.69) is 42.2 Å². The van der Waals surface area contributed by atoms with Crippen LogP contribution in [0.5, 0.6) is 0 Å². The van der Waals surface area contributed by atoms with Crippen molar-refractivity contribution in [2.24, 2.45) is 5.92 Å². The summed E-state index contributed by atoms with van der Waals surface area (Å²) in [4.78, 5) is 2.61. The highest BCUT2D eigenvalue weighted by Crippen LogP contribution is 2.32. The van der Waals surface area contributed by atoms with E-state index in [1.54, 1.807) is 0 Å². The Morgan fingerprint density at radius 2 is 1.81 bits per heavy atom. The highest BCUT2D eigenvalue weighted by atomic mass is 35.5. The second-order valence-corrected chi connectivity index (χ2v) is 6.43. The molecule has 1 saturated heterocycles. The highest BCUT2D eigenvalue weighted by Gasteiger charge is 2.34. The number of benzene rings is 1. The molecule has 3 rings (SSSR count). The van der Waals surface area contributed by atoms with Crippen molar-refractivity contribution < 1.29 is 4.74 Å². The van der Waals surface area contributed by atoms with Crippen LogP contribution < -0.4 is 0 Å². The molecule has 2 fully saturated rings. The average Bonchev–Trinajstić information content (AvgIpc) is 2.51. The molecule has 21 heavy (non-hydrogen) atoms. The third-order valence-corrected chi connectivity index (χ3v) is 5.08. The molecular weight excluding hydrogens is 282 g/mol. The lowest BCUT2D eigenvalue weighted by Crippen LogP contribution is -2.52. The van der Waals surface area contributed by atoms with Crippen LogP contribution in [-0.4, -0.2) is 30.2 Å². The van der Waals surface area contributed by atoms with Crippen LogP contribution in [0.15, 0.2) is 30.3 Å². The largest absolute Gasteiger partial charge is 0.375 e. The Kier molecular flexibility index (Phi) is 6.53. The van der Waals surface area contributed by atoms with Crippen molar-refractivity contribution in [2.45, 2.75) is 57.7 Å². The van der Waals surface area contributed by atoms with Gasteiger partial charge < -0.3 is 4.74 Å². The van der Waals surface area contributed by atoms with E-state index in [0.717, 1.165) is 25.6 Å². The van der Waals surface area contributed by atoms with Gasteiger partial charge in [0.05, 0.1) is 12.7 Å². The van der Waals surface area contributed by atoms with Gasteiger partial charge >= 0.3 is 0 Å². The molecule has 2 nitrogen and oxygen atoms in total. The summed E-state index contributed by atoms with van der Waals surface area (Å²) in [6, 6.07) is 11.4. The highest BCUT2D eigenvalue weighted by molar-refractivity contribution is 5.85. The smallest absolute Gasteiger partial charge is 0.0756 e. The summed E-state index contributed by atoms with van der Waals surface area (Å²) in [5.41, 5.74) is 1.42. The van der Waals surface area contributed by atoms with Crippen molar-refractivity contribution in [3.05, 3.63) is 35.9 Å². The Morgan fingerprint density at radius 3 is 2.52 bits per heavy atom. The zero-order chi connectivity index (χ0) is 13.8. The van der Waals surface area contributed by atoms with E-state index in [0.29, 0.717) is 12.1 Å². The number of rotatable bonds is 3. The molecule has 2 atom stereocenters. The predicted octanol–water partition coefficient (Wildman–Crippen LogP) is 4.28. The lowest BCUT2D eigenvalue weighted by atomic mass is 9.82. The van der Waals surface area contributed by atoms with E-state index >= 15 is 0 Å². The van der Waals surface area contributed by atoms with Crippen LogP contribution in [0.1, 0.15) is 44.6 Å². The van der Waals surface area contributed by atoms with E-state index < -0.39 is 0 Å². The maximum absolute atomic E-state index is 6.16. The Balaban J connectivity index is 0.00000161. The minimum Gasteiger partial charge on any atom is -0.375 e. The standard InChI is InChI=1S/C18H27NO.ClH/c1-15-18(17-10-6-3-7-11-17)20-13-12-19(15)14-16-8-4-2-5-9-16;/h2,4-5,8-9,15,17-18H,3,6-7,10-14H2,1H3;1H. The summed E-state index contributed by atoms with van der Waals surface area (Å²) >= 11 is 0. The molecule has 1 heterocycles. The van der Waals surface area contributed by atoms with Gasteiger partial charge in [-0.15, -0.1) is 12.4 Å². The monoisotopic (exact) mass is 309 g/mol. The van der Waals surface area contributed by atoms with Gasteiger partial charge in [-0.1, -0.05) is 49.6 Å². The van der Waals surface area contributed by atoms with Crippen LogP contribution in [0.4, 0.5) is 0 Å².